The smallest absolute Gasteiger partial charge is 0.221 e. The van der Waals surface area contributed by atoms with Gasteiger partial charge in [0.05, 0.1) is 0 Å². The second-order valence-corrected chi connectivity index (χ2v) is 5.78. The molecule has 0 aromatic rings. The number of amides is 1. The fourth-order valence-electron chi connectivity index (χ4n) is 2.59. The minimum atomic E-state index is 0.209. The van der Waals surface area contributed by atoms with Gasteiger partial charge in [0.2, 0.25) is 5.91 Å². The Morgan fingerprint density at radius 1 is 1.24 bits per heavy atom. The van der Waals surface area contributed by atoms with Gasteiger partial charge in [0.1, 0.15) is 0 Å². The summed E-state index contributed by atoms with van der Waals surface area (Å²) in [6.07, 6.45) is 6.66. The van der Waals surface area contributed by atoms with E-state index in [1.54, 1.807) is 0 Å². The quantitative estimate of drug-likeness (QED) is 0.717. The van der Waals surface area contributed by atoms with Crippen LogP contribution in [0.5, 0.6) is 0 Å². The largest absolute Gasteiger partial charge is 0.353 e. The van der Waals surface area contributed by atoms with E-state index in [1.807, 2.05) is 0 Å². The molecular formula is C14H28N2O. The number of carbonyl (C=O) groups excluding carboxylic acids is 1. The molecule has 3 heteroatoms. The van der Waals surface area contributed by atoms with Crippen molar-refractivity contribution >= 4 is 5.91 Å². The predicted molar refractivity (Wildman–Crippen MR) is 71.9 cm³/mol. The molecule has 0 spiro atoms. The molecule has 2 N–H and O–H groups in total. The van der Waals surface area contributed by atoms with Crippen LogP contribution in [0.15, 0.2) is 0 Å². The highest BCUT2D eigenvalue weighted by atomic mass is 16.1. The molecule has 17 heavy (non-hydrogen) atoms. The van der Waals surface area contributed by atoms with Crippen LogP contribution in [-0.4, -0.2) is 24.5 Å². The number of carbonyl (C=O) groups is 1. The SMILES string of the molecule is CC(C)CC(C)NCCC(=O)NC1CCCC1. The Kier molecular flexibility index (Phi) is 6.56. The highest BCUT2D eigenvalue weighted by molar-refractivity contribution is 5.76. The zero-order valence-electron chi connectivity index (χ0n) is 11.6. The first-order chi connectivity index (χ1) is 8.08. The van der Waals surface area contributed by atoms with E-state index in [0.717, 1.165) is 6.54 Å². The van der Waals surface area contributed by atoms with Gasteiger partial charge in [0.15, 0.2) is 0 Å². The molecule has 1 aliphatic rings. The van der Waals surface area contributed by atoms with E-state index in [4.69, 9.17) is 0 Å². The number of nitrogens with one attached hydrogen (secondary N) is 2. The monoisotopic (exact) mass is 240 g/mol. The van der Waals surface area contributed by atoms with Crippen LogP contribution in [0.3, 0.4) is 0 Å². The van der Waals surface area contributed by atoms with Gasteiger partial charge in [-0.3, -0.25) is 4.79 Å². The molecule has 0 aromatic carbocycles. The van der Waals surface area contributed by atoms with Crippen molar-refractivity contribution in [3.05, 3.63) is 0 Å². The molecule has 3 nitrogen and oxygen atoms in total. The highest BCUT2D eigenvalue weighted by Crippen LogP contribution is 2.17. The van der Waals surface area contributed by atoms with E-state index in [1.165, 1.54) is 32.1 Å². The molecule has 0 radical (unpaired) electrons. The van der Waals surface area contributed by atoms with Gasteiger partial charge in [-0.15, -0.1) is 0 Å². The average Bonchev–Trinajstić information content (AvgIpc) is 2.69. The van der Waals surface area contributed by atoms with E-state index in [0.29, 0.717) is 24.4 Å². The Hall–Kier alpha value is -0.570. The van der Waals surface area contributed by atoms with Gasteiger partial charge in [-0.25, -0.2) is 0 Å². The lowest BCUT2D eigenvalue weighted by molar-refractivity contribution is -0.121. The Labute approximate surface area is 106 Å². The summed E-state index contributed by atoms with van der Waals surface area (Å²) < 4.78 is 0. The van der Waals surface area contributed by atoms with Crippen molar-refractivity contribution < 1.29 is 4.79 Å². The summed E-state index contributed by atoms with van der Waals surface area (Å²) in [4.78, 5) is 11.7. The van der Waals surface area contributed by atoms with Crippen LogP contribution in [0.2, 0.25) is 0 Å². The van der Waals surface area contributed by atoms with Crippen LogP contribution in [0.1, 0.15) is 59.3 Å². The van der Waals surface area contributed by atoms with Gasteiger partial charge in [-0.1, -0.05) is 26.7 Å². The van der Waals surface area contributed by atoms with Gasteiger partial charge in [0.25, 0.3) is 0 Å². The molecule has 100 valence electrons. The summed E-state index contributed by atoms with van der Waals surface area (Å²) in [5.41, 5.74) is 0. The second-order valence-electron chi connectivity index (χ2n) is 5.78. The Morgan fingerprint density at radius 2 is 1.88 bits per heavy atom. The van der Waals surface area contributed by atoms with Gasteiger partial charge < -0.3 is 10.6 Å². The first kappa shape index (κ1) is 14.5. The molecule has 1 saturated carbocycles. The third-order valence-electron chi connectivity index (χ3n) is 3.39. The summed E-state index contributed by atoms with van der Waals surface area (Å²) >= 11 is 0. The third-order valence-corrected chi connectivity index (χ3v) is 3.39. The van der Waals surface area contributed by atoms with Crippen LogP contribution in [0, 0.1) is 5.92 Å². The molecule has 1 fully saturated rings. The Balaban J connectivity index is 2.03. The zero-order valence-corrected chi connectivity index (χ0v) is 11.6. The molecule has 1 rings (SSSR count). The summed E-state index contributed by atoms with van der Waals surface area (Å²) in [5.74, 6) is 0.922. The average molecular weight is 240 g/mol. The van der Waals surface area contributed by atoms with Gasteiger partial charge >= 0.3 is 0 Å². The van der Waals surface area contributed by atoms with Crippen molar-refractivity contribution in [3.8, 4) is 0 Å². The van der Waals surface area contributed by atoms with Crippen molar-refractivity contribution in [1.82, 2.24) is 10.6 Å². The van der Waals surface area contributed by atoms with Crippen LogP contribution in [0.25, 0.3) is 0 Å². The molecular weight excluding hydrogens is 212 g/mol. The van der Waals surface area contributed by atoms with E-state index in [-0.39, 0.29) is 5.91 Å². The maximum Gasteiger partial charge on any atom is 0.221 e. The maximum absolute atomic E-state index is 11.7. The predicted octanol–water partition coefficient (Wildman–Crippen LogP) is 2.46. The lowest BCUT2D eigenvalue weighted by Crippen LogP contribution is -2.36. The fourth-order valence-corrected chi connectivity index (χ4v) is 2.59. The molecule has 0 heterocycles. The van der Waals surface area contributed by atoms with Crippen molar-refractivity contribution in [1.29, 1.82) is 0 Å². The molecule has 1 amide bonds. The van der Waals surface area contributed by atoms with E-state index in [2.05, 4.69) is 31.4 Å². The minimum absolute atomic E-state index is 0.209. The standard InChI is InChI=1S/C14H28N2O/c1-11(2)10-12(3)15-9-8-14(17)16-13-6-4-5-7-13/h11-13,15H,4-10H2,1-3H3,(H,16,17). The Bertz CT molecular complexity index is 222. The summed E-state index contributed by atoms with van der Waals surface area (Å²) in [5, 5.41) is 6.52. The zero-order chi connectivity index (χ0) is 12.7. The van der Waals surface area contributed by atoms with E-state index >= 15 is 0 Å². The normalized spacial score (nSPS) is 18.6. The Morgan fingerprint density at radius 3 is 2.47 bits per heavy atom. The third kappa shape index (κ3) is 6.67. The molecule has 0 aromatic heterocycles. The van der Waals surface area contributed by atoms with Crippen LogP contribution in [0.4, 0.5) is 0 Å². The molecule has 0 saturated heterocycles. The van der Waals surface area contributed by atoms with Gasteiger partial charge in [-0.05, 0) is 32.1 Å². The molecule has 1 atom stereocenters. The minimum Gasteiger partial charge on any atom is -0.353 e. The lowest BCUT2D eigenvalue weighted by Gasteiger charge is -2.16. The number of rotatable bonds is 7. The van der Waals surface area contributed by atoms with Crippen molar-refractivity contribution in [3.63, 3.8) is 0 Å². The number of hydrogen-bond acceptors (Lipinski definition) is 2. The second kappa shape index (κ2) is 7.70. The number of hydrogen-bond donors (Lipinski definition) is 2. The molecule has 0 aliphatic heterocycles. The topological polar surface area (TPSA) is 41.1 Å². The van der Waals surface area contributed by atoms with Crippen LogP contribution in [-0.2, 0) is 4.79 Å². The van der Waals surface area contributed by atoms with E-state index in [9.17, 15) is 4.79 Å². The molecule has 1 unspecified atom stereocenters. The van der Waals surface area contributed by atoms with Crippen molar-refractivity contribution in [2.24, 2.45) is 5.92 Å². The van der Waals surface area contributed by atoms with Crippen LogP contribution >= 0.6 is 0 Å². The maximum atomic E-state index is 11.7. The summed E-state index contributed by atoms with van der Waals surface area (Å²) in [7, 11) is 0. The molecule has 1 aliphatic carbocycles. The van der Waals surface area contributed by atoms with Crippen molar-refractivity contribution in [2.75, 3.05) is 6.54 Å². The van der Waals surface area contributed by atoms with Crippen LogP contribution < -0.4 is 10.6 Å². The first-order valence-corrected chi connectivity index (χ1v) is 7.10. The van der Waals surface area contributed by atoms with Crippen molar-refractivity contribution in [2.45, 2.75) is 71.4 Å². The first-order valence-electron chi connectivity index (χ1n) is 7.10. The fraction of sp³-hybridized carbons (Fsp3) is 0.929. The van der Waals surface area contributed by atoms with E-state index < -0.39 is 0 Å². The van der Waals surface area contributed by atoms with Gasteiger partial charge in [-0.2, -0.15) is 0 Å². The summed E-state index contributed by atoms with van der Waals surface area (Å²) in [6.45, 7) is 7.44. The van der Waals surface area contributed by atoms with Gasteiger partial charge in [0, 0.05) is 25.0 Å². The summed E-state index contributed by atoms with van der Waals surface area (Å²) in [6, 6.07) is 0.963. The lowest BCUT2D eigenvalue weighted by atomic mass is 10.1. The molecule has 0 bridgehead atoms. The highest BCUT2D eigenvalue weighted by Gasteiger charge is 2.16.